The molecule has 3 unspecified atom stereocenters. The van der Waals surface area contributed by atoms with Crippen molar-refractivity contribution in [3.63, 3.8) is 0 Å². The molecule has 5 rings (SSSR count). The van der Waals surface area contributed by atoms with Crippen molar-refractivity contribution in [2.75, 3.05) is 0 Å². The fourth-order valence-electron chi connectivity index (χ4n) is 12.1. The molecule has 32 heavy (non-hydrogen) atoms. The van der Waals surface area contributed by atoms with Crippen LogP contribution < -0.4 is 0 Å². The highest BCUT2D eigenvalue weighted by molar-refractivity contribution is 5.24. The summed E-state index contributed by atoms with van der Waals surface area (Å²) in [5.74, 6) is 2.99. The molecule has 1 N–H and O–H groups in total. The normalized spacial score (nSPS) is 58.8. The van der Waals surface area contributed by atoms with Crippen LogP contribution in [0.4, 0.5) is 0 Å². The molecule has 0 saturated heterocycles. The Bertz CT molecular complexity index is 811. The average Bonchev–Trinajstić information content (AvgIpc) is 3.06. The summed E-state index contributed by atoms with van der Waals surface area (Å²) in [6, 6.07) is 0. The van der Waals surface area contributed by atoms with Gasteiger partial charge in [-0.1, -0.05) is 60.6 Å². The highest BCUT2D eigenvalue weighted by atomic mass is 16.3. The summed E-state index contributed by atoms with van der Waals surface area (Å²) in [7, 11) is 0. The maximum absolute atomic E-state index is 10.9. The van der Waals surface area contributed by atoms with Gasteiger partial charge in [0, 0.05) is 0 Å². The lowest BCUT2D eigenvalue weighted by Crippen LogP contribution is -2.69. The molecule has 10 atom stereocenters. The summed E-state index contributed by atoms with van der Waals surface area (Å²) in [5, 5.41) is 10.9. The second-order valence-electron chi connectivity index (χ2n) is 15.4. The van der Waals surface area contributed by atoms with E-state index in [9.17, 15) is 5.11 Å². The first-order valence-electron chi connectivity index (χ1n) is 14.0. The maximum Gasteiger partial charge on any atom is 0.0594 e. The number of fused-ring (bicyclic) bond motifs is 7. The van der Waals surface area contributed by atoms with E-state index in [-0.39, 0.29) is 11.5 Å². The van der Waals surface area contributed by atoms with Crippen LogP contribution >= 0.6 is 0 Å². The molecule has 0 aromatic heterocycles. The number of aliphatic hydroxyl groups excluding tert-OH is 1. The minimum Gasteiger partial charge on any atom is -0.393 e. The third-order valence-corrected chi connectivity index (χ3v) is 14.2. The number of allylic oxidation sites excluding steroid dienone is 1. The molecule has 0 bridgehead atoms. The Kier molecular flexibility index (Phi) is 4.89. The molecule has 5 saturated carbocycles. The van der Waals surface area contributed by atoms with Crippen molar-refractivity contribution in [2.45, 2.75) is 126 Å². The van der Waals surface area contributed by atoms with Gasteiger partial charge in [0.1, 0.15) is 0 Å². The van der Waals surface area contributed by atoms with Crippen LogP contribution in [0, 0.1) is 56.2 Å². The van der Waals surface area contributed by atoms with Crippen LogP contribution in [0.3, 0.4) is 0 Å². The van der Waals surface area contributed by atoms with Gasteiger partial charge in [0.15, 0.2) is 0 Å². The Labute approximate surface area is 199 Å². The van der Waals surface area contributed by atoms with E-state index in [0.717, 1.165) is 24.2 Å². The first-order chi connectivity index (χ1) is 14.7. The Morgan fingerprint density at radius 3 is 2.00 bits per heavy atom. The molecule has 1 heteroatoms. The molecule has 0 heterocycles. The van der Waals surface area contributed by atoms with Crippen molar-refractivity contribution < 1.29 is 5.11 Å². The zero-order chi connectivity index (χ0) is 23.5. The van der Waals surface area contributed by atoms with Crippen molar-refractivity contribution in [1.29, 1.82) is 0 Å². The van der Waals surface area contributed by atoms with Gasteiger partial charge >= 0.3 is 0 Å². The van der Waals surface area contributed by atoms with Gasteiger partial charge in [0.2, 0.25) is 0 Å². The molecule has 0 radical (unpaired) electrons. The molecular formula is C31H52O. The summed E-state index contributed by atoms with van der Waals surface area (Å²) in [4.78, 5) is 0. The summed E-state index contributed by atoms with van der Waals surface area (Å²) >= 11 is 0. The monoisotopic (exact) mass is 440 g/mol. The molecule has 0 spiro atoms. The van der Waals surface area contributed by atoms with Gasteiger partial charge < -0.3 is 5.11 Å². The summed E-state index contributed by atoms with van der Waals surface area (Å²) in [5.41, 5.74) is 3.63. The van der Waals surface area contributed by atoms with Crippen LogP contribution in [0.2, 0.25) is 0 Å². The second-order valence-corrected chi connectivity index (χ2v) is 15.4. The minimum atomic E-state index is -0.125. The second kappa shape index (κ2) is 6.67. The summed E-state index contributed by atoms with van der Waals surface area (Å²) in [6.07, 6.45) is 13.2. The number of hydrogen-bond acceptors (Lipinski definition) is 1. The molecule has 5 aliphatic carbocycles. The molecule has 5 fully saturated rings. The lowest BCUT2D eigenvalue weighted by Gasteiger charge is -2.76. The van der Waals surface area contributed by atoms with Crippen LogP contribution in [0.25, 0.3) is 0 Å². The van der Waals surface area contributed by atoms with E-state index in [2.05, 4.69) is 62.0 Å². The lowest BCUT2D eigenvalue weighted by molar-refractivity contribution is -0.275. The van der Waals surface area contributed by atoms with E-state index in [1.807, 2.05) is 0 Å². The molecule has 0 amide bonds. The van der Waals surface area contributed by atoms with Crippen LogP contribution in [-0.2, 0) is 0 Å². The van der Waals surface area contributed by atoms with Crippen molar-refractivity contribution in [2.24, 2.45) is 56.2 Å². The van der Waals surface area contributed by atoms with Crippen molar-refractivity contribution in [3.8, 4) is 0 Å². The standard InChI is InChI=1S/C31H52O/c1-20(2)21-10-14-27(5)18-19-31(9)29(7)16-11-22-26(3,4)24(32)13-15-28(22,6)23(29)12-17-30(31,8)25(21)27/h21-25,32H,1,10-19H2,2-9H3/t21-,22?,23?,24-,25?,27+,28-,29+,30+,31-/m0/s1. The molecule has 0 aromatic carbocycles. The van der Waals surface area contributed by atoms with Crippen molar-refractivity contribution >= 4 is 0 Å². The zero-order valence-corrected chi connectivity index (χ0v) is 22.6. The topological polar surface area (TPSA) is 20.2 Å². The largest absolute Gasteiger partial charge is 0.393 e. The zero-order valence-electron chi connectivity index (χ0n) is 22.6. The molecule has 1 nitrogen and oxygen atoms in total. The van der Waals surface area contributed by atoms with E-state index in [4.69, 9.17) is 0 Å². The molecule has 182 valence electrons. The van der Waals surface area contributed by atoms with E-state index >= 15 is 0 Å². The summed E-state index contributed by atoms with van der Waals surface area (Å²) < 4.78 is 0. The fourth-order valence-corrected chi connectivity index (χ4v) is 12.1. The molecule has 0 aliphatic heterocycles. The smallest absolute Gasteiger partial charge is 0.0594 e. The molecular weight excluding hydrogens is 388 g/mol. The fraction of sp³-hybridized carbons (Fsp3) is 0.935. The van der Waals surface area contributed by atoms with Gasteiger partial charge in [-0.05, 0) is 127 Å². The van der Waals surface area contributed by atoms with E-state index < -0.39 is 0 Å². The Balaban J connectivity index is 1.59. The highest BCUT2D eigenvalue weighted by Crippen LogP contribution is 2.81. The van der Waals surface area contributed by atoms with Gasteiger partial charge in [0.25, 0.3) is 0 Å². The molecule has 0 aromatic rings. The van der Waals surface area contributed by atoms with Crippen molar-refractivity contribution in [3.05, 3.63) is 12.2 Å². The van der Waals surface area contributed by atoms with E-state index in [1.165, 1.54) is 63.4 Å². The van der Waals surface area contributed by atoms with Crippen LogP contribution in [0.1, 0.15) is 120 Å². The maximum atomic E-state index is 10.9. The number of hydrogen-bond donors (Lipinski definition) is 1. The Hall–Kier alpha value is -0.300. The van der Waals surface area contributed by atoms with Gasteiger partial charge in [-0.15, -0.1) is 0 Å². The third-order valence-electron chi connectivity index (χ3n) is 14.2. The van der Waals surface area contributed by atoms with Gasteiger partial charge in [-0.3, -0.25) is 0 Å². The summed E-state index contributed by atoms with van der Waals surface area (Å²) in [6.45, 7) is 25.1. The highest BCUT2D eigenvalue weighted by Gasteiger charge is 2.73. The number of rotatable bonds is 1. The predicted molar refractivity (Wildman–Crippen MR) is 135 cm³/mol. The Morgan fingerprint density at radius 2 is 1.34 bits per heavy atom. The van der Waals surface area contributed by atoms with E-state index in [0.29, 0.717) is 33.0 Å². The van der Waals surface area contributed by atoms with Gasteiger partial charge in [-0.2, -0.15) is 0 Å². The first-order valence-corrected chi connectivity index (χ1v) is 14.0. The van der Waals surface area contributed by atoms with Crippen LogP contribution in [0.15, 0.2) is 12.2 Å². The van der Waals surface area contributed by atoms with Gasteiger partial charge in [0.05, 0.1) is 6.10 Å². The van der Waals surface area contributed by atoms with Crippen LogP contribution in [0.5, 0.6) is 0 Å². The number of aliphatic hydroxyl groups is 1. The predicted octanol–water partition coefficient (Wildman–Crippen LogP) is 8.41. The first kappa shape index (κ1) is 23.4. The van der Waals surface area contributed by atoms with Crippen LogP contribution in [-0.4, -0.2) is 11.2 Å². The van der Waals surface area contributed by atoms with E-state index in [1.54, 1.807) is 0 Å². The van der Waals surface area contributed by atoms with Gasteiger partial charge in [-0.25, -0.2) is 0 Å². The average molecular weight is 441 g/mol. The quantitative estimate of drug-likeness (QED) is 0.406. The lowest BCUT2D eigenvalue weighted by atomic mass is 9.29. The SMILES string of the molecule is C=C(C)[C@@H]1CC[C@]2(C)CC[C@]3(C)[C@](C)(CCC4[C@@]5(C)CC[C@H](O)C(C)(C)C5CC[C@]43C)C12. The minimum absolute atomic E-state index is 0.0532. The van der Waals surface area contributed by atoms with Crippen molar-refractivity contribution in [1.82, 2.24) is 0 Å². The third kappa shape index (κ3) is 2.51. The molecule has 5 aliphatic rings. The Morgan fingerprint density at radius 1 is 0.719 bits per heavy atom.